The van der Waals surface area contributed by atoms with E-state index in [1.165, 1.54) is 22.5 Å². The van der Waals surface area contributed by atoms with Crippen LogP contribution in [0.25, 0.3) is 0 Å². The van der Waals surface area contributed by atoms with Crippen LogP contribution >= 0.6 is 11.6 Å². The minimum absolute atomic E-state index is 0.123. The van der Waals surface area contributed by atoms with Crippen molar-refractivity contribution in [1.82, 2.24) is 9.21 Å². The fourth-order valence-corrected chi connectivity index (χ4v) is 5.48. The number of ether oxygens (including phenoxy) is 1. The molecule has 0 unspecified atom stereocenters. The van der Waals surface area contributed by atoms with Gasteiger partial charge in [0.25, 0.3) is 5.91 Å². The number of amides is 1. The summed E-state index contributed by atoms with van der Waals surface area (Å²) in [4.78, 5) is 15.3. The van der Waals surface area contributed by atoms with Gasteiger partial charge in [-0.15, -0.1) is 0 Å². The number of methoxy groups -OCH3 is 1. The first-order chi connectivity index (χ1) is 14.4. The van der Waals surface area contributed by atoms with Crippen molar-refractivity contribution in [1.29, 1.82) is 0 Å². The Bertz CT molecular complexity index is 1030. The molecule has 0 atom stereocenters. The number of hydrogen-bond donors (Lipinski definition) is 0. The molecule has 0 aromatic heterocycles. The van der Waals surface area contributed by atoms with Crippen molar-refractivity contribution >= 4 is 27.5 Å². The van der Waals surface area contributed by atoms with Crippen molar-refractivity contribution in [3.63, 3.8) is 0 Å². The van der Waals surface area contributed by atoms with E-state index >= 15 is 0 Å². The zero-order chi connectivity index (χ0) is 21.3. The molecule has 1 amide bonds. The lowest BCUT2D eigenvalue weighted by Gasteiger charge is -2.24. The fraction of sp³-hybridized carbons (Fsp3) is 0.409. The summed E-state index contributed by atoms with van der Waals surface area (Å²) in [6.07, 6.45) is 3.59. The lowest BCUT2D eigenvalue weighted by molar-refractivity contribution is 0.0730. The summed E-state index contributed by atoms with van der Waals surface area (Å²) in [5.41, 5.74) is 1.21. The summed E-state index contributed by atoms with van der Waals surface area (Å²) in [5.74, 6) is 0.516. The quantitative estimate of drug-likeness (QED) is 0.643. The average molecular weight is 449 g/mol. The normalized spacial score (nSPS) is 17.1. The minimum Gasteiger partial charge on any atom is -0.497 e. The predicted molar refractivity (Wildman–Crippen MR) is 115 cm³/mol. The van der Waals surface area contributed by atoms with Gasteiger partial charge in [-0.2, -0.15) is 4.31 Å². The third-order valence-corrected chi connectivity index (χ3v) is 7.86. The van der Waals surface area contributed by atoms with Crippen LogP contribution in [0.2, 0.25) is 5.02 Å². The second kappa shape index (κ2) is 8.57. The van der Waals surface area contributed by atoms with Gasteiger partial charge < -0.3 is 9.64 Å². The van der Waals surface area contributed by atoms with Crippen molar-refractivity contribution in [3.05, 3.63) is 58.6 Å². The number of sulfonamides is 1. The Morgan fingerprint density at radius 1 is 1.13 bits per heavy atom. The van der Waals surface area contributed by atoms with Crippen LogP contribution in [0, 0.1) is 0 Å². The van der Waals surface area contributed by atoms with Crippen LogP contribution in [0.5, 0.6) is 5.75 Å². The Kier molecular flexibility index (Phi) is 6.04. The summed E-state index contributed by atoms with van der Waals surface area (Å²) in [6, 6.07) is 12.2. The highest BCUT2D eigenvalue weighted by Gasteiger charge is 2.35. The summed E-state index contributed by atoms with van der Waals surface area (Å²) in [7, 11) is -2.01. The molecule has 2 aliphatic rings. The molecule has 2 aromatic rings. The average Bonchev–Trinajstić information content (AvgIpc) is 3.43. The largest absolute Gasteiger partial charge is 0.497 e. The molecule has 0 bridgehead atoms. The molecule has 2 aromatic carbocycles. The maximum Gasteiger partial charge on any atom is 0.255 e. The Balaban J connectivity index is 1.61. The summed E-state index contributed by atoms with van der Waals surface area (Å²) in [6.45, 7) is 1.47. The lowest BCUT2D eigenvalue weighted by Crippen LogP contribution is -2.33. The zero-order valence-electron chi connectivity index (χ0n) is 16.9. The molecule has 1 saturated carbocycles. The highest BCUT2D eigenvalue weighted by atomic mass is 35.5. The number of carbonyl (C=O) groups is 1. The van der Waals surface area contributed by atoms with Crippen molar-refractivity contribution in [2.45, 2.75) is 43.2 Å². The third kappa shape index (κ3) is 4.33. The van der Waals surface area contributed by atoms with Crippen LogP contribution in [0.15, 0.2) is 47.4 Å². The molecule has 4 rings (SSSR count). The van der Waals surface area contributed by atoms with Crippen molar-refractivity contribution in [2.24, 2.45) is 0 Å². The highest BCUT2D eigenvalue weighted by molar-refractivity contribution is 7.89. The van der Waals surface area contributed by atoms with Crippen LogP contribution in [-0.4, -0.2) is 49.8 Å². The molecule has 8 heteroatoms. The van der Waals surface area contributed by atoms with E-state index in [0.717, 1.165) is 37.0 Å². The van der Waals surface area contributed by atoms with Crippen LogP contribution in [0.3, 0.4) is 0 Å². The van der Waals surface area contributed by atoms with Crippen molar-refractivity contribution in [3.8, 4) is 5.75 Å². The molecular weight excluding hydrogens is 424 g/mol. The standard InChI is InChI=1S/C22H25ClN2O4S/c1-29-18-8-4-16(5-9-18)15-25(17-6-7-17)22(26)20-14-19(10-11-21(20)23)30(27,28)24-12-2-3-13-24/h4-5,8-11,14,17H,2-3,6-7,12-13,15H2,1H3. The first kappa shape index (κ1) is 21.2. The van der Waals surface area contributed by atoms with Gasteiger partial charge in [-0.3, -0.25) is 4.79 Å². The third-order valence-electron chi connectivity index (χ3n) is 5.63. The van der Waals surface area contributed by atoms with E-state index in [9.17, 15) is 13.2 Å². The smallest absolute Gasteiger partial charge is 0.255 e. The molecule has 1 heterocycles. The Hall–Kier alpha value is -2.09. The van der Waals surface area contributed by atoms with Gasteiger partial charge in [0.1, 0.15) is 5.75 Å². The molecule has 0 radical (unpaired) electrons. The fourth-order valence-electron chi connectivity index (χ4n) is 3.74. The first-order valence-corrected chi connectivity index (χ1v) is 12.0. The Morgan fingerprint density at radius 2 is 1.80 bits per heavy atom. The van der Waals surface area contributed by atoms with Gasteiger partial charge in [0.2, 0.25) is 10.0 Å². The van der Waals surface area contributed by atoms with Crippen LogP contribution in [0.4, 0.5) is 0 Å². The SMILES string of the molecule is COc1ccc(CN(C(=O)c2cc(S(=O)(=O)N3CCCC3)ccc2Cl)C2CC2)cc1. The van der Waals surface area contributed by atoms with E-state index in [4.69, 9.17) is 16.3 Å². The number of carbonyl (C=O) groups excluding carboxylic acids is 1. The second-order valence-corrected chi connectivity index (χ2v) is 10.1. The minimum atomic E-state index is -3.62. The number of hydrogen-bond acceptors (Lipinski definition) is 4. The van der Waals surface area contributed by atoms with E-state index in [2.05, 4.69) is 0 Å². The molecule has 6 nitrogen and oxygen atoms in total. The molecule has 0 N–H and O–H groups in total. The molecule has 2 fully saturated rings. The molecule has 160 valence electrons. The van der Waals surface area contributed by atoms with Gasteiger partial charge >= 0.3 is 0 Å². The van der Waals surface area contributed by atoms with E-state index < -0.39 is 10.0 Å². The number of halogens is 1. The molecule has 1 saturated heterocycles. The number of benzene rings is 2. The molecule has 0 spiro atoms. The van der Waals surface area contributed by atoms with Gasteiger partial charge in [0.05, 0.1) is 22.6 Å². The summed E-state index contributed by atoms with van der Waals surface area (Å²) in [5, 5.41) is 0.265. The summed E-state index contributed by atoms with van der Waals surface area (Å²) >= 11 is 6.34. The van der Waals surface area contributed by atoms with Gasteiger partial charge in [0.15, 0.2) is 0 Å². The Morgan fingerprint density at radius 3 is 2.40 bits per heavy atom. The lowest BCUT2D eigenvalue weighted by atomic mass is 10.1. The number of nitrogens with zero attached hydrogens (tertiary/aromatic N) is 2. The van der Waals surface area contributed by atoms with Crippen LogP contribution < -0.4 is 4.74 Å². The monoisotopic (exact) mass is 448 g/mol. The van der Waals surface area contributed by atoms with Crippen LogP contribution in [-0.2, 0) is 16.6 Å². The highest BCUT2D eigenvalue weighted by Crippen LogP contribution is 2.33. The second-order valence-electron chi connectivity index (χ2n) is 7.77. The van der Waals surface area contributed by atoms with Crippen LogP contribution in [0.1, 0.15) is 41.6 Å². The maximum absolute atomic E-state index is 13.4. The van der Waals surface area contributed by atoms with Gasteiger partial charge in [-0.1, -0.05) is 23.7 Å². The van der Waals surface area contributed by atoms with Gasteiger partial charge in [-0.25, -0.2) is 8.42 Å². The zero-order valence-corrected chi connectivity index (χ0v) is 18.5. The first-order valence-electron chi connectivity index (χ1n) is 10.1. The van der Waals surface area contributed by atoms with E-state index in [1.54, 1.807) is 12.0 Å². The van der Waals surface area contributed by atoms with E-state index in [-0.39, 0.29) is 27.4 Å². The van der Waals surface area contributed by atoms with Gasteiger partial charge in [0, 0.05) is 25.7 Å². The molecular formula is C22H25ClN2O4S. The predicted octanol–water partition coefficient (Wildman–Crippen LogP) is 3.94. The van der Waals surface area contributed by atoms with Gasteiger partial charge in [-0.05, 0) is 61.6 Å². The van der Waals surface area contributed by atoms with Crippen molar-refractivity contribution in [2.75, 3.05) is 20.2 Å². The maximum atomic E-state index is 13.4. The molecule has 30 heavy (non-hydrogen) atoms. The Labute approximate surface area is 182 Å². The van der Waals surface area contributed by atoms with E-state index in [1.807, 2.05) is 24.3 Å². The summed E-state index contributed by atoms with van der Waals surface area (Å²) < 4.78 is 32.5. The molecule has 1 aliphatic carbocycles. The topological polar surface area (TPSA) is 66.9 Å². The van der Waals surface area contributed by atoms with E-state index in [0.29, 0.717) is 19.6 Å². The number of rotatable bonds is 7. The molecule has 1 aliphatic heterocycles. The van der Waals surface area contributed by atoms with Crippen molar-refractivity contribution < 1.29 is 17.9 Å².